The normalized spacial score (nSPS) is 10.8. The van der Waals surface area contributed by atoms with Gasteiger partial charge in [-0.15, -0.1) is 0 Å². The van der Waals surface area contributed by atoms with Gasteiger partial charge in [-0.05, 0) is 68.8 Å². The van der Waals surface area contributed by atoms with Gasteiger partial charge >= 0.3 is 0 Å². The predicted molar refractivity (Wildman–Crippen MR) is 137 cm³/mol. The molecule has 2 heteroatoms. The fourth-order valence-electron chi connectivity index (χ4n) is 4.24. The molecule has 4 N–H and O–H groups in total. The molecule has 0 heterocycles. The molecule has 0 amide bonds. The van der Waals surface area contributed by atoms with Crippen LogP contribution in [0, 0.1) is 0 Å². The first-order valence-electron chi connectivity index (χ1n) is 10.7. The lowest BCUT2D eigenvalue weighted by molar-refractivity contribution is 1.55. The molecule has 0 aliphatic carbocycles. The SMILES string of the molecule is Nc1ccc(-c2ccccc2-c2ccccc2-c2ccc(N)cc2-c2ccccc2)cc1. The van der Waals surface area contributed by atoms with E-state index in [1.165, 1.54) is 22.3 Å². The summed E-state index contributed by atoms with van der Waals surface area (Å²) in [5, 5.41) is 0. The highest BCUT2D eigenvalue weighted by Crippen LogP contribution is 2.41. The molecule has 0 aliphatic rings. The minimum atomic E-state index is 0.757. The van der Waals surface area contributed by atoms with Gasteiger partial charge in [-0.25, -0.2) is 0 Å². The first-order valence-corrected chi connectivity index (χ1v) is 10.7. The molecule has 0 aromatic heterocycles. The van der Waals surface area contributed by atoms with E-state index in [-0.39, 0.29) is 0 Å². The molecule has 5 rings (SSSR count). The van der Waals surface area contributed by atoms with Crippen molar-refractivity contribution in [1.82, 2.24) is 0 Å². The van der Waals surface area contributed by atoms with Crippen LogP contribution in [0.2, 0.25) is 0 Å². The fraction of sp³-hybridized carbons (Fsp3) is 0. The quantitative estimate of drug-likeness (QED) is 0.300. The van der Waals surface area contributed by atoms with Crippen LogP contribution in [0.5, 0.6) is 0 Å². The Hall–Kier alpha value is -4.30. The summed E-state index contributed by atoms with van der Waals surface area (Å²) in [6.07, 6.45) is 0. The topological polar surface area (TPSA) is 52.0 Å². The molecule has 0 unspecified atom stereocenters. The maximum absolute atomic E-state index is 6.19. The Morgan fingerprint density at radius 3 is 1.38 bits per heavy atom. The van der Waals surface area contributed by atoms with Crippen molar-refractivity contribution >= 4 is 11.4 Å². The highest BCUT2D eigenvalue weighted by atomic mass is 14.5. The number of hydrogen-bond donors (Lipinski definition) is 2. The van der Waals surface area contributed by atoms with Gasteiger partial charge in [0.15, 0.2) is 0 Å². The molecule has 0 saturated carbocycles. The Morgan fingerprint density at radius 1 is 0.312 bits per heavy atom. The van der Waals surface area contributed by atoms with Gasteiger partial charge in [-0.1, -0.05) is 97.1 Å². The lowest BCUT2D eigenvalue weighted by Crippen LogP contribution is -1.93. The first kappa shape index (κ1) is 19.7. The van der Waals surface area contributed by atoms with Gasteiger partial charge in [0.25, 0.3) is 0 Å². The van der Waals surface area contributed by atoms with Crippen molar-refractivity contribution in [3.63, 3.8) is 0 Å². The maximum Gasteiger partial charge on any atom is 0.0320 e. The Morgan fingerprint density at radius 2 is 0.750 bits per heavy atom. The number of nitrogens with two attached hydrogens (primary N) is 2. The van der Waals surface area contributed by atoms with Gasteiger partial charge < -0.3 is 11.5 Å². The Balaban J connectivity index is 1.73. The van der Waals surface area contributed by atoms with E-state index in [4.69, 9.17) is 11.5 Å². The zero-order chi connectivity index (χ0) is 21.9. The summed E-state index contributed by atoms with van der Waals surface area (Å²) in [4.78, 5) is 0. The molecule has 5 aromatic carbocycles. The first-order chi connectivity index (χ1) is 15.7. The van der Waals surface area contributed by atoms with Crippen molar-refractivity contribution < 1.29 is 0 Å². The lowest BCUT2D eigenvalue weighted by atomic mass is 9.86. The van der Waals surface area contributed by atoms with Gasteiger partial charge in [0.1, 0.15) is 0 Å². The molecule has 0 aliphatic heterocycles. The summed E-state index contributed by atoms with van der Waals surface area (Å²) in [5.74, 6) is 0. The van der Waals surface area contributed by atoms with Crippen LogP contribution in [0.1, 0.15) is 0 Å². The molecule has 154 valence electrons. The van der Waals surface area contributed by atoms with Crippen LogP contribution in [-0.4, -0.2) is 0 Å². The molecular formula is C30H24N2. The van der Waals surface area contributed by atoms with E-state index in [2.05, 4.69) is 97.1 Å². The van der Waals surface area contributed by atoms with E-state index in [1.54, 1.807) is 0 Å². The zero-order valence-corrected chi connectivity index (χ0v) is 17.7. The van der Waals surface area contributed by atoms with Crippen LogP contribution in [0.15, 0.2) is 121 Å². The second-order valence-electron chi connectivity index (χ2n) is 7.88. The minimum Gasteiger partial charge on any atom is -0.399 e. The van der Waals surface area contributed by atoms with E-state index in [1.807, 2.05) is 24.3 Å². The third-order valence-electron chi connectivity index (χ3n) is 5.78. The van der Waals surface area contributed by atoms with Crippen LogP contribution >= 0.6 is 0 Å². The zero-order valence-electron chi connectivity index (χ0n) is 17.7. The molecule has 0 saturated heterocycles. The molecule has 0 bridgehead atoms. The molecule has 0 fully saturated rings. The number of hydrogen-bond acceptors (Lipinski definition) is 2. The molecule has 2 nitrogen and oxygen atoms in total. The highest BCUT2D eigenvalue weighted by Gasteiger charge is 2.15. The van der Waals surface area contributed by atoms with Crippen molar-refractivity contribution in [2.45, 2.75) is 0 Å². The summed E-state index contributed by atoms with van der Waals surface area (Å²) in [6.45, 7) is 0. The maximum atomic E-state index is 6.19. The second-order valence-corrected chi connectivity index (χ2v) is 7.88. The fourth-order valence-corrected chi connectivity index (χ4v) is 4.24. The number of rotatable bonds is 4. The standard InChI is InChI=1S/C30H24N2/c31-23-16-14-22(15-17-23)25-10-4-5-11-26(25)27-12-6-7-13-28(27)29-19-18-24(32)20-30(29)21-8-2-1-3-9-21/h1-20H,31-32H2. The smallest absolute Gasteiger partial charge is 0.0320 e. The second kappa shape index (κ2) is 8.44. The largest absolute Gasteiger partial charge is 0.399 e. The van der Waals surface area contributed by atoms with E-state index >= 15 is 0 Å². The highest BCUT2D eigenvalue weighted by molar-refractivity contribution is 5.96. The van der Waals surface area contributed by atoms with E-state index in [0.29, 0.717) is 0 Å². The summed E-state index contributed by atoms with van der Waals surface area (Å²) in [5.41, 5.74) is 22.9. The third kappa shape index (κ3) is 3.75. The van der Waals surface area contributed by atoms with Crippen LogP contribution in [0.4, 0.5) is 11.4 Å². The third-order valence-corrected chi connectivity index (χ3v) is 5.78. The summed E-state index contributed by atoms with van der Waals surface area (Å²) < 4.78 is 0. The summed E-state index contributed by atoms with van der Waals surface area (Å²) in [6, 6.07) is 41.7. The van der Waals surface area contributed by atoms with E-state index < -0.39 is 0 Å². The van der Waals surface area contributed by atoms with Crippen molar-refractivity contribution in [3.05, 3.63) is 121 Å². The summed E-state index contributed by atoms with van der Waals surface area (Å²) >= 11 is 0. The molecular weight excluding hydrogens is 388 g/mol. The monoisotopic (exact) mass is 412 g/mol. The van der Waals surface area contributed by atoms with Gasteiger partial charge in [0.2, 0.25) is 0 Å². The van der Waals surface area contributed by atoms with Crippen molar-refractivity contribution in [2.75, 3.05) is 11.5 Å². The van der Waals surface area contributed by atoms with Crippen LogP contribution in [0.25, 0.3) is 44.5 Å². The van der Waals surface area contributed by atoms with E-state index in [0.717, 1.165) is 33.6 Å². The lowest BCUT2D eigenvalue weighted by Gasteiger charge is -2.17. The number of nitrogen functional groups attached to an aromatic ring is 2. The molecule has 5 aromatic rings. The van der Waals surface area contributed by atoms with Crippen molar-refractivity contribution in [2.24, 2.45) is 0 Å². The average molecular weight is 413 g/mol. The molecule has 0 spiro atoms. The van der Waals surface area contributed by atoms with Gasteiger partial charge in [-0.3, -0.25) is 0 Å². The predicted octanol–water partition coefficient (Wildman–Crippen LogP) is 7.52. The van der Waals surface area contributed by atoms with Gasteiger partial charge in [0.05, 0.1) is 0 Å². The van der Waals surface area contributed by atoms with Crippen molar-refractivity contribution in [3.8, 4) is 44.5 Å². The van der Waals surface area contributed by atoms with E-state index in [9.17, 15) is 0 Å². The van der Waals surface area contributed by atoms with Gasteiger partial charge in [-0.2, -0.15) is 0 Å². The molecule has 0 radical (unpaired) electrons. The van der Waals surface area contributed by atoms with Crippen LogP contribution < -0.4 is 11.5 Å². The minimum absolute atomic E-state index is 0.757. The Bertz CT molecular complexity index is 1370. The summed E-state index contributed by atoms with van der Waals surface area (Å²) in [7, 11) is 0. The van der Waals surface area contributed by atoms with Gasteiger partial charge in [0, 0.05) is 11.4 Å². The van der Waals surface area contributed by atoms with Crippen LogP contribution in [-0.2, 0) is 0 Å². The number of benzene rings is 5. The Labute approximate surface area is 188 Å². The van der Waals surface area contributed by atoms with Crippen LogP contribution in [0.3, 0.4) is 0 Å². The molecule has 0 atom stereocenters. The Kier molecular flexibility index (Phi) is 5.19. The van der Waals surface area contributed by atoms with Crippen molar-refractivity contribution in [1.29, 1.82) is 0 Å². The average Bonchev–Trinajstić information content (AvgIpc) is 2.85. The number of anilines is 2. The molecule has 32 heavy (non-hydrogen) atoms.